The molecular formula is C24H24N4O4. The summed E-state index contributed by atoms with van der Waals surface area (Å²) in [6, 6.07) is 16.0. The molecule has 4 rings (SSSR count). The number of nitrogens with one attached hydrogen (secondary N) is 1. The molecule has 1 saturated heterocycles. The minimum atomic E-state index is -0.465. The fraction of sp³-hybridized carbons (Fsp3) is 0.250. The number of rotatable bonds is 7. The van der Waals surface area contributed by atoms with E-state index in [0.717, 1.165) is 24.2 Å². The second kappa shape index (κ2) is 9.47. The van der Waals surface area contributed by atoms with Crippen LogP contribution in [0, 0.1) is 0 Å². The van der Waals surface area contributed by atoms with Gasteiger partial charge in [0.1, 0.15) is 0 Å². The predicted octanol–water partition coefficient (Wildman–Crippen LogP) is 3.42. The molecule has 3 aromatic rings. The fourth-order valence-corrected chi connectivity index (χ4v) is 3.54. The molecule has 32 heavy (non-hydrogen) atoms. The minimum Gasteiger partial charge on any atom is -0.461 e. The number of benzene rings is 2. The zero-order valence-electron chi connectivity index (χ0n) is 17.8. The number of carbonyl (C=O) groups excluding carboxylic acids is 3. The highest BCUT2D eigenvalue weighted by Crippen LogP contribution is 2.17. The van der Waals surface area contributed by atoms with E-state index in [1.165, 1.54) is 0 Å². The van der Waals surface area contributed by atoms with Gasteiger partial charge in [-0.2, -0.15) is 5.10 Å². The van der Waals surface area contributed by atoms with Crippen molar-refractivity contribution in [3.63, 3.8) is 0 Å². The van der Waals surface area contributed by atoms with Gasteiger partial charge in [-0.15, -0.1) is 0 Å². The van der Waals surface area contributed by atoms with Gasteiger partial charge in [-0.25, -0.2) is 9.48 Å². The first-order chi connectivity index (χ1) is 15.5. The SMILES string of the molecule is CCOC(=O)c1ccn(-c2ccc(NC(=O)c3ccc(CN4CCCC4=O)cc3)cc2)n1. The number of likely N-dealkylation sites (tertiary alicyclic amines) is 1. The second-order valence-electron chi connectivity index (χ2n) is 7.48. The van der Waals surface area contributed by atoms with Gasteiger partial charge in [-0.05, 0) is 61.4 Å². The molecule has 0 bridgehead atoms. The third-order valence-corrected chi connectivity index (χ3v) is 5.22. The van der Waals surface area contributed by atoms with Gasteiger partial charge in [0.25, 0.3) is 5.91 Å². The third kappa shape index (κ3) is 4.85. The maximum absolute atomic E-state index is 12.6. The van der Waals surface area contributed by atoms with E-state index in [0.29, 0.717) is 30.8 Å². The summed E-state index contributed by atoms with van der Waals surface area (Å²) >= 11 is 0. The lowest BCUT2D eigenvalue weighted by Crippen LogP contribution is -2.23. The van der Waals surface area contributed by atoms with E-state index in [9.17, 15) is 14.4 Å². The molecule has 1 aliphatic rings. The molecular weight excluding hydrogens is 408 g/mol. The number of hydrogen-bond donors (Lipinski definition) is 1. The minimum absolute atomic E-state index is 0.183. The zero-order valence-corrected chi connectivity index (χ0v) is 17.8. The van der Waals surface area contributed by atoms with E-state index in [1.54, 1.807) is 60.3 Å². The summed E-state index contributed by atoms with van der Waals surface area (Å²) in [4.78, 5) is 37.9. The highest BCUT2D eigenvalue weighted by Gasteiger charge is 2.20. The van der Waals surface area contributed by atoms with Crippen molar-refractivity contribution in [2.45, 2.75) is 26.3 Å². The second-order valence-corrected chi connectivity index (χ2v) is 7.48. The van der Waals surface area contributed by atoms with E-state index in [1.807, 2.05) is 17.0 Å². The Hall–Kier alpha value is -3.94. The van der Waals surface area contributed by atoms with Crippen LogP contribution in [0.1, 0.15) is 46.2 Å². The normalized spacial score (nSPS) is 13.3. The van der Waals surface area contributed by atoms with E-state index in [4.69, 9.17) is 4.74 Å². The summed E-state index contributed by atoms with van der Waals surface area (Å²) in [5.41, 5.74) is 3.17. The summed E-state index contributed by atoms with van der Waals surface area (Å²) in [5.74, 6) is -0.499. The molecule has 164 valence electrons. The summed E-state index contributed by atoms with van der Waals surface area (Å²) in [6.45, 7) is 3.40. The lowest BCUT2D eigenvalue weighted by molar-refractivity contribution is -0.128. The predicted molar refractivity (Wildman–Crippen MR) is 119 cm³/mol. The Kier molecular flexibility index (Phi) is 6.30. The molecule has 1 N–H and O–H groups in total. The van der Waals surface area contributed by atoms with Gasteiger partial charge < -0.3 is 15.0 Å². The molecule has 0 saturated carbocycles. The highest BCUT2D eigenvalue weighted by molar-refractivity contribution is 6.04. The van der Waals surface area contributed by atoms with Crippen LogP contribution in [0.2, 0.25) is 0 Å². The van der Waals surface area contributed by atoms with Gasteiger partial charge in [0.05, 0.1) is 12.3 Å². The van der Waals surface area contributed by atoms with Crippen LogP contribution >= 0.6 is 0 Å². The Morgan fingerprint density at radius 3 is 2.47 bits per heavy atom. The van der Waals surface area contributed by atoms with Gasteiger partial charge in [-0.3, -0.25) is 9.59 Å². The number of carbonyl (C=O) groups is 3. The molecule has 0 unspecified atom stereocenters. The van der Waals surface area contributed by atoms with Crippen LogP contribution in [-0.4, -0.2) is 45.6 Å². The van der Waals surface area contributed by atoms with Crippen LogP contribution in [-0.2, 0) is 16.1 Å². The zero-order chi connectivity index (χ0) is 22.5. The van der Waals surface area contributed by atoms with Crippen molar-refractivity contribution in [1.29, 1.82) is 0 Å². The fourth-order valence-electron chi connectivity index (χ4n) is 3.54. The van der Waals surface area contributed by atoms with Crippen molar-refractivity contribution in [1.82, 2.24) is 14.7 Å². The Morgan fingerprint density at radius 1 is 1.06 bits per heavy atom. The van der Waals surface area contributed by atoms with E-state index in [-0.39, 0.29) is 17.5 Å². The molecule has 0 spiro atoms. The lowest BCUT2D eigenvalue weighted by Gasteiger charge is -2.15. The van der Waals surface area contributed by atoms with Crippen LogP contribution in [0.15, 0.2) is 60.8 Å². The maximum Gasteiger partial charge on any atom is 0.358 e. The van der Waals surface area contributed by atoms with Gasteiger partial charge >= 0.3 is 5.97 Å². The van der Waals surface area contributed by atoms with Crippen LogP contribution in [0.3, 0.4) is 0 Å². The molecule has 2 amide bonds. The molecule has 1 fully saturated rings. The first kappa shape index (κ1) is 21.3. The molecule has 2 aromatic carbocycles. The topological polar surface area (TPSA) is 93.5 Å². The number of esters is 1. The monoisotopic (exact) mass is 432 g/mol. The standard InChI is InChI=1S/C24H24N4O4/c1-2-32-24(31)21-13-15-28(26-21)20-11-9-19(10-12-20)25-23(30)18-7-5-17(6-8-18)16-27-14-3-4-22(27)29/h5-13,15H,2-4,14,16H2,1H3,(H,25,30). The Balaban J connectivity index is 1.36. The van der Waals surface area contributed by atoms with Crippen molar-refractivity contribution < 1.29 is 19.1 Å². The van der Waals surface area contributed by atoms with Gasteiger partial charge in [0.2, 0.25) is 5.91 Å². The van der Waals surface area contributed by atoms with Crippen LogP contribution in [0.4, 0.5) is 5.69 Å². The molecule has 0 aliphatic carbocycles. The molecule has 0 radical (unpaired) electrons. The smallest absolute Gasteiger partial charge is 0.358 e. The quantitative estimate of drug-likeness (QED) is 0.578. The molecule has 1 aromatic heterocycles. The van der Waals surface area contributed by atoms with Gasteiger partial charge in [0.15, 0.2) is 5.69 Å². The molecule has 0 atom stereocenters. The number of aromatic nitrogens is 2. The highest BCUT2D eigenvalue weighted by atomic mass is 16.5. The van der Waals surface area contributed by atoms with Gasteiger partial charge in [-0.1, -0.05) is 12.1 Å². The number of amides is 2. The van der Waals surface area contributed by atoms with Crippen molar-refractivity contribution in [2.24, 2.45) is 0 Å². The summed E-state index contributed by atoms with van der Waals surface area (Å²) in [7, 11) is 0. The molecule has 8 heteroatoms. The van der Waals surface area contributed by atoms with E-state index < -0.39 is 5.97 Å². The van der Waals surface area contributed by atoms with Crippen molar-refractivity contribution >= 4 is 23.5 Å². The summed E-state index contributed by atoms with van der Waals surface area (Å²) in [6.07, 6.45) is 3.20. The van der Waals surface area contributed by atoms with Crippen molar-refractivity contribution in [3.05, 3.63) is 77.6 Å². The number of anilines is 1. The molecule has 2 heterocycles. The summed E-state index contributed by atoms with van der Waals surface area (Å²) < 4.78 is 6.52. The number of ether oxygens (including phenoxy) is 1. The van der Waals surface area contributed by atoms with Crippen LogP contribution in [0.25, 0.3) is 5.69 Å². The van der Waals surface area contributed by atoms with E-state index >= 15 is 0 Å². The maximum atomic E-state index is 12.6. The van der Waals surface area contributed by atoms with E-state index in [2.05, 4.69) is 10.4 Å². The Bertz CT molecular complexity index is 1120. The molecule has 8 nitrogen and oxygen atoms in total. The average Bonchev–Trinajstić information content (AvgIpc) is 3.45. The van der Waals surface area contributed by atoms with Crippen LogP contribution in [0.5, 0.6) is 0 Å². The summed E-state index contributed by atoms with van der Waals surface area (Å²) in [5, 5.41) is 7.09. The van der Waals surface area contributed by atoms with Crippen LogP contribution < -0.4 is 5.32 Å². The first-order valence-electron chi connectivity index (χ1n) is 10.5. The van der Waals surface area contributed by atoms with Crippen molar-refractivity contribution in [2.75, 3.05) is 18.5 Å². The Labute approximate surface area is 185 Å². The van der Waals surface area contributed by atoms with Gasteiger partial charge in [0, 0.05) is 37.0 Å². The number of nitrogens with zero attached hydrogens (tertiary/aromatic N) is 3. The number of hydrogen-bond acceptors (Lipinski definition) is 5. The first-order valence-corrected chi connectivity index (χ1v) is 10.5. The lowest BCUT2D eigenvalue weighted by atomic mass is 10.1. The Morgan fingerprint density at radius 2 is 1.81 bits per heavy atom. The average molecular weight is 432 g/mol. The third-order valence-electron chi connectivity index (χ3n) is 5.22. The largest absolute Gasteiger partial charge is 0.461 e. The van der Waals surface area contributed by atoms with Crippen molar-refractivity contribution in [3.8, 4) is 5.69 Å². The molecule has 1 aliphatic heterocycles.